The van der Waals surface area contributed by atoms with Gasteiger partial charge in [0.1, 0.15) is 5.82 Å². The fourth-order valence-corrected chi connectivity index (χ4v) is 2.09. The lowest BCUT2D eigenvalue weighted by Gasteiger charge is -2.06. The summed E-state index contributed by atoms with van der Waals surface area (Å²) in [6.45, 7) is 2.50. The Morgan fingerprint density at radius 3 is 3.14 bits per heavy atom. The summed E-state index contributed by atoms with van der Waals surface area (Å²) < 4.78 is 5.05. The predicted octanol–water partition coefficient (Wildman–Crippen LogP) is 2.71. The van der Waals surface area contributed by atoms with E-state index < -0.39 is 0 Å². The molecule has 5 heteroatoms. The van der Waals surface area contributed by atoms with Crippen LogP contribution >= 0.6 is 0 Å². The molecular formula is C16H20N2O3. The number of hydrogen-bond donors (Lipinski definition) is 1. The van der Waals surface area contributed by atoms with Crippen molar-refractivity contribution in [1.82, 2.24) is 4.98 Å². The molecule has 21 heavy (non-hydrogen) atoms. The van der Waals surface area contributed by atoms with Crippen molar-refractivity contribution < 1.29 is 14.3 Å². The normalized spacial score (nSPS) is 14.4. The highest BCUT2D eigenvalue weighted by Gasteiger charge is 2.13. The van der Waals surface area contributed by atoms with Gasteiger partial charge in [-0.25, -0.2) is 9.78 Å². The van der Waals surface area contributed by atoms with Gasteiger partial charge in [-0.2, -0.15) is 0 Å². The Kier molecular flexibility index (Phi) is 5.49. The highest BCUT2D eigenvalue weighted by Crippen LogP contribution is 2.21. The molecule has 5 nitrogen and oxygen atoms in total. The molecule has 1 aliphatic rings. The minimum Gasteiger partial charge on any atom is -0.463 e. The third-order valence-electron chi connectivity index (χ3n) is 3.25. The molecule has 2 heterocycles. The number of rotatable bonds is 5. The number of nitrogens with zero attached hydrogens (tertiary/aromatic N) is 1. The van der Waals surface area contributed by atoms with Crippen LogP contribution in [0.5, 0.6) is 0 Å². The Labute approximate surface area is 124 Å². The quantitative estimate of drug-likeness (QED) is 0.514. The average Bonchev–Trinajstić information content (AvgIpc) is 2.65. The van der Waals surface area contributed by atoms with E-state index in [2.05, 4.69) is 10.3 Å². The molecule has 1 aliphatic heterocycles. The van der Waals surface area contributed by atoms with Gasteiger partial charge in [-0.15, -0.1) is 0 Å². The number of aromatic nitrogens is 1. The Hall–Kier alpha value is -2.17. The van der Waals surface area contributed by atoms with Crippen LogP contribution in [0.1, 0.15) is 43.7 Å². The molecule has 0 aliphatic carbocycles. The molecule has 0 saturated heterocycles. The third-order valence-corrected chi connectivity index (χ3v) is 3.25. The summed E-state index contributed by atoms with van der Waals surface area (Å²) in [4.78, 5) is 27.2. The number of aryl methyl sites for hydroxylation is 1. The van der Waals surface area contributed by atoms with E-state index in [0.717, 1.165) is 36.8 Å². The van der Waals surface area contributed by atoms with E-state index in [9.17, 15) is 9.59 Å². The van der Waals surface area contributed by atoms with E-state index in [1.165, 1.54) is 6.08 Å². The number of nitrogens with one attached hydrogen (secondary N) is 1. The summed E-state index contributed by atoms with van der Waals surface area (Å²) in [6.07, 6.45) is 8.75. The number of ether oxygens (including phenoxy) is 1. The number of carbonyl (C=O) groups is 2. The largest absolute Gasteiger partial charge is 0.463 e. The number of amides is 1. The molecule has 0 radical (unpaired) electrons. The smallest absolute Gasteiger partial charge is 0.330 e. The molecule has 2 rings (SSSR count). The van der Waals surface area contributed by atoms with Gasteiger partial charge in [0.15, 0.2) is 0 Å². The van der Waals surface area contributed by atoms with E-state index in [1.807, 2.05) is 13.0 Å². The van der Waals surface area contributed by atoms with E-state index in [1.54, 1.807) is 12.3 Å². The van der Waals surface area contributed by atoms with Crippen LogP contribution in [0, 0.1) is 0 Å². The summed E-state index contributed by atoms with van der Waals surface area (Å²) in [6, 6.07) is 1.95. The van der Waals surface area contributed by atoms with E-state index in [-0.39, 0.29) is 11.9 Å². The van der Waals surface area contributed by atoms with Gasteiger partial charge in [0.05, 0.1) is 6.61 Å². The van der Waals surface area contributed by atoms with Crippen LogP contribution in [-0.2, 0) is 20.7 Å². The summed E-state index contributed by atoms with van der Waals surface area (Å²) in [7, 11) is 0. The van der Waals surface area contributed by atoms with Gasteiger partial charge in [-0.3, -0.25) is 4.79 Å². The molecule has 0 bridgehead atoms. The molecule has 0 aromatic carbocycles. The molecule has 0 atom stereocenters. The van der Waals surface area contributed by atoms with Gasteiger partial charge in [0.25, 0.3) is 0 Å². The molecule has 0 unspecified atom stereocenters. The molecular weight excluding hydrogens is 268 g/mol. The van der Waals surface area contributed by atoms with Crippen LogP contribution in [-0.4, -0.2) is 23.5 Å². The van der Waals surface area contributed by atoms with Crippen molar-refractivity contribution in [3.63, 3.8) is 0 Å². The maximum absolute atomic E-state index is 11.5. The minimum absolute atomic E-state index is 0.00374. The van der Waals surface area contributed by atoms with Crippen molar-refractivity contribution in [3.8, 4) is 0 Å². The first kappa shape index (κ1) is 15.2. The van der Waals surface area contributed by atoms with Crippen LogP contribution in [0.2, 0.25) is 0 Å². The Balaban J connectivity index is 2.00. The highest BCUT2D eigenvalue weighted by molar-refractivity contribution is 5.91. The topological polar surface area (TPSA) is 68.3 Å². The lowest BCUT2D eigenvalue weighted by Crippen LogP contribution is -2.10. The van der Waals surface area contributed by atoms with Crippen molar-refractivity contribution in [2.75, 3.05) is 11.9 Å². The van der Waals surface area contributed by atoms with Crippen LogP contribution in [0.15, 0.2) is 18.3 Å². The first-order valence-electron chi connectivity index (χ1n) is 7.32. The Morgan fingerprint density at radius 1 is 1.48 bits per heavy atom. The van der Waals surface area contributed by atoms with Crippen LogP contribution in [0.3, 0.4) is 0 Å². The summed E-state index contributed by atoms with van der Waals surface area (Å²) >= 11 is 0. The van der Waals surface area contributed by atoms with Crippen molar-refractivity contribution in [2.24, 2.45) is 0 Å². The van der Waals surface area contributed by atoms with Gasteiger partial charge in [-0.1, -0.05) is 13.3 Å². The second-order valence-electron chi connectivity index (χ2n) is 5.03. The van der Waals surface area contributed by atoms with Gasteiger partial charge in [0, 0.05) is 18.7 Å². The lowest BCUT2D eigenvalue weighted by molar-refractivity contribution is -0.137. The van der Waals surface area contributed by atoms with E-state index >= 15 is 0 Å². The lowest BCUT2D eigenvalue weighted by atomic mass is 10.1. The number of unbranched alkanes of at least 4 members (excludes halogenated alkanes) is 1. The average molecular weight is 288 g/mol. The first-order valence-corrected chi connectivity index (χ1v) is 7.32. The molecule has 112 valence electrons. The second-order valence-corrected chi connectivity index (χ2v) is 5.03. The van der Waals surface area contributed by atoms with Crippen molar-refractivity contribution in [3.05, 3.63) is 29.5 Å². The molecule has 0 saturated carbocycles. The van der Waals surface area contributed by atoms with Crippen molar-refractivity contribution in [1.29, 1.82) is 0 Å². The summed E-state index contributed by atoms with van der Waals surface area (Å²) in [5.41, 5.74) is 1.83. The molecule has 0 fully saturated rings. The van der Waals surface area contributed by atoms with Crippen LogP contribution < -0.4 is 5.32 Å². The first-order chi connectivity index (χ1) is 10.2. The standard InChI is InChI=1S/C16H20N2O3/c1-2-3-9-21-15(20)8-7-12-10-13-5-4-6-14(19)18-16(13)17-11-12/h7-8,10-11H,2-6,9H2,1H3,(H,17,18,19)/b8-7+. The monoisotopic (exact) mass is 288 g/mol. The van der Waals surface area contributed by atoms with Crippen molar-refractivity contribution in [2.45, 2.75) is 39.0 Å². The third kappa shape index (κ3) is 4.70. The number of hydrogen-bond acceptors (Lipinski definition) is 4. The zero-order chi connectivity index (χ0) is 15.1. The number of fused-ring (bicyclic) bond motifs is 1. The minimum atomic E-state index is -0.341. The Morgan fingerprint density at radius 2 is 2.33 bits per heavy atom. The van der Waals surface area contributed by atoms with Crippen molar-refractivity contribution >= 4 is 23.8 Å². The number of esters is 1. The number of anilines is 1. The molecule has 1 aromatic rings. The maximum atomic E-state index is 11.5. The predicted molar refractivity (Wildman–Crippen MR) is 80.7 cm³/mol. The molecule has 1 amide bonds. The van der Waals surface area contributed by atoms with Gasteiger partial charge < -0.3 is 10.1 Å². The Bertz CT molecular complexity index is 552. The van der Waals surface area contributed by atoms with Crippen LogP contribution in [0.4, 0.5) is 5.82 Å². The SMILES string of the molecule is CCCCOC(=O)/C=C/c1cnc2c(c1)CCCC(=O)N2. The van der Waals surface area contributed by atoms with E-state index in [4.69, 9.17) is 4.74 Å². The zero-order valence-corrected chi connectivity index (χ0v) is 12.2. The van der Waals surface area contributed by atoms with Crippen LogP contribution in [0.25, 0.3) is 6.08 Å². The molecule has 1 N–H and O–H groups in total. The van der Waals surface area contributed by atoms with Gasteiger partial charge in [0.2, 0.25) is 5.91 Å². The summed E-state index contributed by atoms with van der Waals surface area (Å²) in [5, 5.41) is 2.78. The summed E-state index contributed by atoms with van der Waals surface area (Å²) in [5.74, 6) is 0.288. The highest BCUT2D eigenvalue weighted by atomic mass is 16.5. The molecule has 0 spiro atoms. The zero-order valence-electron chi connectivity index (χ0n) is 12.2. The van der Waals surface area contributed by atoms with E-state index in [0.29, 0.717) is 18.8 Å². The number of carbonyl (C=O) groups excluding carboxylic acids is 2. The molecule has 1 aromatic heterocycles. The fraction of sp³-hybridized carbons (Fsp3) is 0.438. The maximum Gasteiger partial charge on any atom is 0.330 e. The fourth-order valence-electron chi connectivity index (χ4n) is 2.09. The van der Waals surface area contributed by atoms with Gasteiger partial charge in [-0.05, 0) is 42.5 Å². The second kappa shape index (κ2) is 7.57. The number of pyridine rings is 1. The van der Waals surface area contributed by atoms with Gasteiger partial charge >= 0.3 is 5.97 Å².